The molecule has 0 radical (unpaired) electrons. The third-order valence-corrected chi connectivity index (χ3v) is 9.42. The van der Waals surface area contributed by atoms with E-state index in [4.69, 9.17) is 0 Å². The molecule has 2 N–H and O–H groups in total. The van der Waals surface area contributed by atoms with E-state index in [1.807, 2.05) is 33.6 Å². The molecular weight excluding hydrogens is 534 g/mol. The second kappa shape index (κ2) is 9.53. The lowest BCUT2D eigenvalue weighted by molar-refractivity contribution is 0.491. The monoisotopic (exact) mass is 560 g/mol. The van der Waals surface area contributed by atoms with Gasteiger partial charge in [0.2, 0.25) is 10.0 Å². The molecule has 1 atom stereocenters. The number of nitrogens with one attached hydrogen (secondary N) is 2. The molecule has 0 amide bonds. The van der Waals surface area contributed by atoms with E-state index in [9.17, 15) is 17.2 Å². The van der Waals surface area contributed by atoms with Gasteiger partial charge in [0.25, 0.3) is 0 Å². The Morgan fingerprint density at radius 2 is 1.82 bits per heavy atom. The van der Waals surface area contributed by atoms with Crippen LogP contribution in [0.3, 0.4) is 0 Å². The Bertz CT molecular complexity index is 1860. The topological polar surface area (TPSA) is 93.8 Å². The van der Waals surface area contributed by atoms with Crippen molar-refractivity contribution in [1.29, 1.82) is 0 Å². The Hall–Kier alpha value is -4.09. The highest BCUT2D eigenvalue weighted by atomic mass is 32.2. The van der Waals surface area contributed by atoms with Crippen molar-refractivity contribution in [1.82, 2.24) is 24.6 Å². The van der Waals surface area contributed by atoms with Crippen molar-refractivity contribution in [3.8, 4) is 27.9 Å². The van der Waals surface area contributed by atoms with Crippen molar-refractivity contribution in [3.05, 3.63) is 85.0 Å². The fourth-order valence-electron chi connectivity index (χ4n) is 5.26. The first-order chi connectivity index (χ1) is 19.3. The number of hydrogen-bond donors (Lipinski definition) is 2. The van der Waals surface area contributed by atoms with Crippen LogP contribution >= 0.6 is 0 Å². The Kier molecular flexibility index (Phi) is 5.93. The summed E-state index contributed by atoms with van der Waals surface area (Å²) < 4.78 is 60.3. The van der Waals surface area contributed by atoms with Crippen LogP contribution < -0.4 is 10.0 Å². The van der Waals surface area contributed by atoms with E-state index < -0.39 is 26.9 Å². The first kappa shape index (κ1) is 24.9. The average Bonchev–Trinajstić information content (AvgIpc) is 3.30. The molecule has 1 aliphatic heterocycles. The van der Waals surface area contributed by atoms with Crippen molar-refractivity contribution in [2.45, 2.75) is 30.6 Å². The van der Waals surface area contributed by atoms with E-state index >= 15 is 0 Å². The van der Waals surface area contributed by atoms with E-state index in [0.717, 1.165) is 47.7 Å². The molecule has 7 rings (SSSR count). The van der Waals surface area contributed by atoms with Crippen molar-refractivity contribution in [3.63, 3.8) is 0 Å². The summed E-state index contributed by atoms with van der Waals surface area (Å²) in [5, 5.41) is 7.49. The lowest BCUT2D eigenvalue weighted by Crippen LogP contribution is -2.17. The van der Waals surface area contributed by atoms with E-state index in [2.05, 4.69) is 26.3 Å². The normalized spacial score (nSPS) is 17.5. The Morgan fingerprint density at radius 1 is 0.950 bits per heavy atom. The number of rotatable bonds is 7. The number of halogens is 2. The number of sulfonamides is 1. The summed E-state index contributed by atoms with van der Waals surface area (Å²) in [5.41, 5.74) is 4.98. The van der Waals surface area contributed by atoms with Crippen LogP contribution in [0.5, 0.6) is 0 Å². The zero-order valence-corrected chi connectivity index (χ0v) is 22.2. The standard InChI is InChI=1S/C29H26F2N6O2S/c30-21-2-5-26(27(31)12-21)19-9-22(35-40(38,39)25-3-4-25)13-24(10-19)36-17-33-28-11-18(1-6-29(28)36)20-14-34-37(16-20)23-7-8-32-15-23/h1-2,5-6,9-14,16-17,23,25,32,35H,3-4,7-8,15H2. The molecule has 1 saturated carbocycles. The van der Waals surface area contributed by atoms with Gasteiger partial charge >= 0.3 is 0 Å². The predicted molar refractivity (Wildman–Crippen MR) is 150 cm³/mol. The van der Waals surface area contributed by atoms with Gasteiger partial charge in [-0.25, -0.2) is 22.2 Å². The summed E-state index contributed by atoms with van der Waals surface area (Å²) in [6.07, 6.45) is 7.83. The van der Waals surface area contributed by atoms with Crippen LogP contribution in [-0.2, 0) is 10.0 Å². The molecule has 5 aromatic rings. The molecule has 1 saturated heterocycles. The number of hydrogen-bond acceptors (Lipinski definition) is 5. The third-order valence-electron chi connectivity index (χ3n) is 7.55. The Labute approximate surface area is 229 Å². The summed E-state index contributed by atoms with van der Waals surface area (Å²) in [4.78, 5) is 4.60. The van der Waals surface area contributed by atoms with Crippen LogP contribution in [0.25, 0.3) is 39.0 Å². The lowest BCUT2D eigenvalue weighted by atomic mass is 10.0. The second-order valence-electron chi connectivity index (χ2n) is 10.4. The van der Waals surface area contributed by atoms with Gasteiger partial charge in [0, 0.05) is 35.6 Å². The third kappa shape index (κ3) is 4.65. The number of aromatic nitrogens is 4. The summed E-state index contributed by atoms with van der Waals surface area (Å²) in [5.74, 6) is -1.42. The summed E-state index contributed by atoms with van der Waals surface area (Å²) in [7, 11) is -3.57. The molecule has 1 unspecified atom stereocenters. The number of imidazole rings is 1. The maximum atomic E-state index is 14.8. The van der Waals surface area contributed by atoms with Crippen molar-refractivity contribution >= 4 is 26.7 Å². The van der Waals surface area contributed by atoms with Gasteiger partial charge in [-0.1, -0.05) is 6.07 Å². The SMILES string of the molecule is O=S(=O)(Nc1cc(-c2ccc(F)cc2F)cc(-n2cnc3cc(-c4cnn(C5CCNC5)c4)ccc32)c1)C1CC1. The maximum Gasteiger partial charge on any atom is 0.235 e. The minimum atomic E-state index is -3.57. The molecule has 2 aliphatic rings. The molecule has 204 valence electrons. The Morgan fingerprint density at radius 3 is 2.60 bits per heavy atom. The minimum absolute atomic E-state index is 0.163. The molecule has 3 heterocycles. The highest BCUT2D eigenvalue weighted by Gasteiger charge is 2.35. The van der Waals surface area contributed by atoms with E-state index in [0.29, 0.717) is 35.8 Å². The van der Waals surface area contributed by atoms with Gasteiger partial charge in [-0.2, -0.15) is 5.10 Å². The minimum Gasteiger partial charge on any atom is -0.315 e. The zero-order chi connectivity index (χ0) is 27.4. The van der Waals surface area contributed by atoms with Gasteiger partial charge in [-0.15, -0.1) is 0 Å². The van der Waals surface area contributed by atoms with Crippen molar-refractivity contribution in [2.24, 2.45) is 0 Å². The smallest absolute Gasteiger partial charge is 0.235 e. The van der Waals surface area contributed by atoms with Crippen LogP contribution in [-0.4, -0.2) is 46.1 Å². The number of fused-ring (bicyclic) bond motifs is 1. The molecule has 2 fully saturated rings. The van der Waals surface area contributed by atoms with Gasteiger partial charge < -0.3 is 5.32 Å². The molecular formula is C29H26F2N6O2S. The molecule has 1 aliphatic carbocycles. The van der Waals surface area contributed by atoms with Crippen molar-refractivity contribution < 1.29 is 17.2 Å². The fourth-order valence-corrected chi connectivity index (χ4v) is 6.63. The van der Waals surface area contributed by atoms with Gasteiger partial charge in [0.15, 0.2) is 0 Å². The molecule has 40 heavy (non-hydrogen) atoms. The average molecular weight is 561 g/mol. The lowest BCUT2D eigenvalue weighted by Gasteiger charge is -2.14. The van der Waals surface area contributed by atoms with Crippen LogP contribution in [0.15, 0.2) is 73.3 Å². The molecule has 0 spiro atoms. The van der Waals surface area contributed by atoms with E-state index in [1.165, 1.54) is 12.1 Å². The number of anilines is 1. The number of benzene rings is 3. The fraction of sp³-hybridized carbons (Fsp3) is 0.241. The summed E-state index contributed by atoms with van der Waals surface area (Å²) in [6, 6.07) is 14.6. The predicted octanol–water partition coefficient (Wildman–Crippen LogP) is 5.27. The number of nitrogens with zero attached hydrogens (tertiary/aromatic N) is 4. The highest BCUT2D eigenvalue weighted by Crippen LogP contribution is 2.34. The first-order valence-electron chi connectivity index (χ1n) is 13.2. The van der Waals surface area contributed by atoms with Crippen LogP contribution in [0, 0.1) is 11.6 Å². The second-order valence-corrected chi connectivity index (χ2v) is 12.4. The molecule has 0 bridgehead atoms. The molecule has 11 heteroatoms. The van der Waals surface area contributed by atoms with Gasteiger partial charge in [0.05, 0.1) is 34.2 Å². The van der Waals surface area contributed by atoms with E-state index in [1.54, 1.807) is 24.5 Å². The van der Waals surface area contributed by atoms with Gasteiger partial charge in [-0.05, 0) is 79.4 Å². The van der Waals surface area contributed by atoms with Crippen LogP contribution in [0.4, 0.5) is 14.5 Å². The van der Waals surface area contributed by atoms with Crippen molar-refractivity contribution in [2.75, 3.05) is 17.8 Å². The largest absolute Gasteiger partial charge is 0.315 e. The molecule has 8 nitrogen and oxygen atoms in total. The first-order valence-corrected chi connectivity index (χ1v) is 14.7. The van der Waals surface area contributed by atoms with Gasteiger partial charge in [-0.3, -0.25) is 14.0 Å². The molecule has 2 aromatic heterocycles. The quantitative estimate of drug-likeness (QED) is 0.283. The zero-order valence-electron chi connectivity index (χ0n) is 21.4. The summed E-state index contributed by atoms with van der Waals surface area (Å²) in [6.45, 7) is 1.90. The van der Waals surface area contributed by atoms with E-state index in [-0.39, 0.29) is 5.56 Å². The summed E-state index contributed by atoms with van der Waals surface area (Å²) >= 11 is 0. The maximum absolute atomic E-state index is 14.8. The van der Waals surface area contributed by atoms with Crippen LogP contribution in [0.2, 0.25) is 0 Å². The van der Waals surface area contributed by atoms with Gasteiger partial charge in [0.1, 0.15) is 18.0 Å². The molecule has 3 aromatic carbocycles. The highest BCUT2D eigenvalue weighted by molar-refractivity contribution is 7.93. The van der Waals surface area contributed by atoms with Crippen LogP contribution in [0.1, 0.15) is 25.3 Å². The Balaban J connectivity index is 1.28.